The van der Waals surface area contributed by atoms with E-state index < -0.39 is 12.0 Å². The number of β-amino-alcohol motifs (C(OH)–C–C–N with tert-alkyl or cyclic N) is 1. The number of thioether (sulfide) groups is 1. The van der Waals surface area contributed by atoms with E-state index in [2.05, 4.69) is 9.97 Å². The minimum atomic E-state index is -2.95. The Balaban J connectivity index is 1.88. The fraction of sp³-hybridized carbons (Fsp3) is 0.444. The summed E-state index contributed by atoms with van der Waals surface area (Å²) in [6, 6.07) is 5.64. The molecule has 0 radical (unpaired) electrons. The van der Waals surface area contributed by atoms with Crippen LogP contribution in [0.1, 0.15) is 17.7 Å². The molecule has 1 aromatic carbocycles. The van der Waals surface area contributed by atoms with Crippen molar-refractivity contribution in [3.63, 3.8) is 0 Å². The highest BCUT2D eigenvalue weighted by Gasteiger charge is 2.44. The van der Waals surface area contributed by atoms with Crippen molar-refractivity contribution >= 4 is 17.7 Å². The smallest absolute Gasteiger partial charge is 0.290 e. The summed E-state index contributed by atoms with van der Waals surface area (Å²) in [4.78, 5) is 11.4. The molecule has 2 heterocycles. The number of aromatic nitrogens is 2. The number of aliphatic hydroxyl groups excluding tert-OH is 1. The zero-order chi connectivity index (χ0) is 18.5. The van der Waals surface area contributed by atoms with Gasteiger partial charge in [0, 0.05) is 35.5 Å². The Kier molecular flexibility index (Phi) is 4.27. The highest BCUT2D eigenvalue weighted by Crippen LogP contribution is 2.45. The lowest BCUT2D eigenvalue weighted by Crippen LogP contribution is -2.51. The van der Waals surface area contributed by atoms with Gasteiger partial charge in [-0.1, -0.05) is 0 Å². The Labute approximate surface area is 154 Å². The lowest BCUT2D eigenvalue weighted by molar-refractivity contribution is -0.00596. The first kappa shape index (κ1) is 17.5. The number of hydrogen-bond donors (Lipinski definition) is 1. The number of anilines is 1. The molecule has 0 saturated carbocycles. The van der Waals surface area contributed by atoms with Crippen LogP contribution in [0.15, 0.2) is 23.1 Å². The molecule has 0 atom stereocenters. The Bertz CT molecular complexity index is 834. The predicted molar refractivity (Wildman–Crippen MR) is 96.2 cm³/mol. The second-order valence-electron chi connectivity index (χ2n) is 6.56. The van der Waals surface area contributed by atoms with Crippen LogP contribution < -0.4 is 9.64 Å². The minimum Gasteiger partial charge on any atom is -0.497 e. The number of fused-ring (bicyclic) bond motifs is 1. The van der Waals surface area contributed by atoms with E-state index >= 15 is 0 Å². The van der Waals surface area contributed by atoms with Crippen molar-refractivity contribution in [1.82, 2.24) is 9.97 Å². The first-order valence-corrected chi connectivity index (χ1v) is 9.59. The lowest BCUT2D eigenvalue weighted by Gasteiger charge is -2.36. The molecule has 8 heteroatoms. The summed E-state index contributed by atoms with van der Waals surface area (Å²) < 4.78 is 34.1. The molecular weight excluding hydrogens is 360 g/mol. The van der Waals surface area contributed by atoms with Gasteiger partial charge in [-0.05, 0) is 30.9 Å². The van der Waals surface area contributed by atoms with Crippen LogP contribution in [0.25, 0.3) is 11.3 Å². The van der Waals surface area contributed by atoms with E-state index in [0.29, 0.717) is 30.1 Å². The fourth-order valence-corrected chi connectivity index (χ4v) is 3.83. The summed E-state index contributed by atoms with van der Waals surface area (Å²) in [5.74, 6) is -2.05. The number of benzene rings is 1. The van der Waals surface area contributed by atoms with E-state index in [0.717, 1.165) is 10.5 Å². The van der Waals surface area contributed by atoms with Crippen molar-refractivity contribution in [2.45, 2.75) is 29.8 Å². The predicted octanol–water partition coefficient (Wildman–Crippen LogP) is 3.09. The molecule has 1 aromatic heterocycles. The molecule has 1 aliphatic carbocycles. The fourth-order valence-electron chi connectivity index (χ4n) is 3.35. The zero-order valence-electron chi connectivity index (χ0n) is 14.5. The van der Waals surface area contributed by atoms with Crippen molar-refractivity contribution in [2.75, 3.05) is 31.4 Å². The third kappa shape index (κ3) is 2.91. The van der Waals surface area contributed by atoms with Crippen molar-refractivity contribution < 1.29 is 18.6 Å². The third-order valence-corrected chi connectivity index (χ3v) is 5.51. The summed E-state index contributed by atoms with van der Waals surface area (Å²) in [6.45, 7) is 0.718. The average molecular weight is 379 g/mol. The van der Waals surface area contributed by atoms with E-state index in [1.165, 1.54) is 0 Å². The zero-order valence-corrected chi connectivity index (χ0v) is 15.3. The number of halogens is 2. The highest BCUT2D eigenvalue weighted by molar-refractivity contribution is 7.98. The van der Waals surface area contributed by atoms with Crippen LogP contribution in [0.4, 0.5) is 14.7 Å². The number of alkyl halides is 2. The molecule has 0 amide bonds. The molecule has 26 heavy (non-hydrogen) atoms. The number of hydrogen-bond acceptors (Lipinski definition) is 6. The quantitative estimate of drug-likeness (QED) is 0.824. The number of rotatable bonds is 4. The summed E-state index contributed by atoms with van der Waals surface area (Å²) in [7, 11) is 1.58. The molecule has 0 spiro atoms. The summed E-state index contributed by atoms with van der Waals surface area (Å²) in [5, 5.41) is 9.53. The van der Waals surface area contributed by atoms with Crippen molar-refractivity contribution in [1.29, 1.82) is 0 Å². The molecule has 1 aliphatic heterocycles. The van der Waals surface area contributed by atoms with E-state index in [1.807, 2.05) is 24.5 Å². The first-order chi connectivity index (χ1) is 12.4. The normalized spacial score (nSPS) is 18.6. The summed E-state index contributed by atoms with van der Waals surface area (Å²) >= 11 is 1.55. The van der Waals surface area contributed by atoms with Gasteiger partial charge in [-0.3, -0.25) is 0 Å². The van der Waals surface area contributed by atoms with Crippen molar-refractivity contribution in [3.8, 4) is 17.0 Å². The molecule has 5 nitrogen and oxygen atoms in total. The van der Waals surface area contributed by atoms with Gasteiger partial charge < -0.3 is 14.7 Å². The molecule has 0 bridgehead atoms. The number of aliphatic hydroxyl groups is 1. The van der Waals surface area contributed by atoms with Crippen LogP contribution in [0, 0.1) is 0 Å². The molecule has 0 unspecified atom stereocenters. The standard InChI is InChI=1S/C18H19F2N3O2S/c1-25-12-5-10(6-13(7-12)26-2)15-14-3-4-18(19,20)16(14)22-17(21-15)23-8-11(24)9-23/h5-7,11,24H,3-4,8-9H2,1-2H3. The van der Waals surface area contributed by atoms with Crippen LogP contribution in [0.2, 0.25) is 0 Å². The summed E-state index contributed by atoms with van der Waals surface area (Å²) in [5.41, 5.74) is 1.58. The second-order valence-corrected chi connectivity index (χ2v) is 7.44. The van der Waals surface area contributed by atoms with Crippen LogP contribution in [0.3, 0.4) is 0 Å². The lowest BCUT2D eigenvalue weighted by atomic mass is 10.0. The van der Waals surface area contributed by atoms with Gasteiger partial charge in [-0.2, -0.15) is 8.78 Å². The molecule has 1 fully saturated rings. The largest absolute Gasteiger partial charge is 0.497 e. The first-order valence-electron chi connectivity index (χ1n) is 8.37. The maximum atomic E-state index is 14.4. The molecule has 1 N–H and O–H groups in total. The maximum absolute atomic E-state index is 14.4. The van der Waals surface area contributed by atoms with E-state index in [4.69, 9.17) is 4.74 Å². The van der Waals surface area contributed by atoms with Gasteiger partial charge in [0.1, 0.15) is 11.4 Å². The number of nitrogens with zero attached hydrogens (tertiary/aromatic N) is 3. The highest BCUT2D eigenvalue weighted by atomic mass is 32.2. The van der Waals surface area contributed by atoms with E-state index in [9.17, 15) is 13.9 Å². The van der Waals surface area contributed by atoms with Gasteiger partial charge in [0.25, 0.3) is 5.92 Å². The SMILES string of the molecule is COc1cc(SC)cc(-c2nc(N3CC(O)C3)nc3c2CCC3(F)F)c1. The van der Waals surface area contributed by atoms with Gasteiger partial charge in [-0.25, -0.2) is 9.97 Å². The maximum Gasteiger partial charge on any atom is 0.290 e. The van der Waals surface area contributed by atoms with Gasteiger partial charge in [-0.15, -0.1) is 11.8 Å². The molecule has 2 aromatic rings. The van der Waals surface area contributed by atoms with E-state index in [1.54, 1.807) is 23.8 Å². The van der Waals surface area contributed by atoms with Crippen molar-refractivity contribution in [2.24, 2.45) is 0 Å². The topological polar surface area (TPSA) is 58.5 Å². The van der Waals surface area contributed by atoms with E-state index in [-0.39, 0.29) is 24.5 Å². The van der Waals surface area contributed by atoms with Gasteiger partial charge >= 0.3 is 0 Å². The third-order valence-electron chi connectivity index (χ3n) is 4.80. The van der Waals surface area contributed by atoms with Crippen LogP contribution in [-0.2, 0) is 12.3 Å². The van der Waals surface area contributed by atoms with Crippen LogP contribution >= 0.6 is 11.8 Å². The Morgan fingerprint density at radius 3 is 2.69 bits per heavy atom. The molecule has 2 aliphatic rings. The molecular formula is C18H19F2N3O2S. The monoisotopic (exact) mass is 379 g/mol. The number of methoxy groups -OCH3 is 1. The average Bonchev–Trinajstić information content (AvgIpc) is 2.92. The minimum absolute atomic E-state index is 0.188. The van der Waals surface area contributed by atoms with Gasteiger partial charge in [0.2, 0.25) is 5.95 Å². The Hall–Kier alpha value is -1.93. The molecule has 1 saturated heterocycles. The van der Waals surface area contributed by atoms with Crippen LogP contribution in [-0.4, -0.2) is 47.6 Å². The summed E-state index contributed by atoms with van der Waals surface area (Å²) in [6.07, 6.45) is 1.47. The van der Waals surface area contributed by atoms with Crippen molar-refractivity contribution in [3.05, 3.63) is 29.5 Å². The van der Waals surface area contributed by atoms with Gasteiger partial charge in [0.15, 0.2) is 0 Å². The molecule has 138 valence electrons. The number of ether oxygens (including phenoxy) is 1. The van der Waals surface area contributed by atoms with Gasteiger partial charge in [0.05, 0.1) is 18.9 Å². The van der Waals surface area contributed by atoms with Crippen LogP contribution in [0.5, 0.6) is 5.75 Å². The second kappa shape index (κ2) is 6.35. The Morgan fingerprint density at radius 2 is 2.04 bits per heavy atom. The molecule has 4 rings (SSSR count). The Morgan fingerprint density at radius 1 is 1.27 bits per heavy atom.